The van der Waals surface area contributed by atoms with Crippen molar-refractivity contribution in [2.75, 3.05) is 36.0 Å². The third-order valence-corrected chi connectivity index (χ3v) is 9.11. The largest absolute Gasteiger partial charge is 0.363 e. The van der Waals surface area contributed by atoms with E-state index in [0.29, 0.717) is 33.1 Å². The highest BCUT2D eigenvalue weighted by Crippen LogP contribution is 2.43. The molecule has 0 unspecified atom stereocenters. The molecule has 3 heterocycles. The van der Waals surface area contributed by atoms with Gasteiger partial charge in [0.25, 0.3) is 11.8 Å². The summed E-state index contributed by atoms with van der Waals surface area (Å²) in [6, 6.07) is 19.1. The molecule has 232 valence electrons. The molecular formula is C36H32F6N3+. The van der Waals surface area contributed by atoms with Crippen molar-refractivity contribution in [3.05, 3.63) is 95.1 Å². The van der Waals surface area contributed by atoms with Crippen molar-refractivity contribution >= 4 is 33.2 Å². The molecule has 2 aliphatic rings. The normalized spacial score (nSPS) is 17.6. The summed E-state index contributed by atoms with van der Waals surface area (Å²) in [6.45, 7) is 4.65. The van der Waals surface area contributed by atoms with Crippen LogP contribution in [0.4, 0.5) is 37.7 Å². The van der Waals surface area contributed by atoms with E-state index in [4.69, 9.17) is 0 Å². The Morgan fingerprint density at radius 3 is 1.51 bits per heavy atom. The third-order valence-electron chi connectivity index (χ3n) is 9.11. The molecule has 4 aromatic carbocycles. The number of nitrogens with zero attached hydrogens (tertiary/aromatic N) is 3. The van der Waals surface area contributed by atoms with Crippen LogP contribution in [0.5, 0.6) is 0 Å². The molecule has 0 N–H and O–H groups in total. The standard InChI is InChI=1S/C36H32F6N3/c1-21-13-22(2)33(23(3)14-21)34-25-15-27(37)31(43-11-9-35(39,40)19-43)17-29(25)45(24-7-5-4-6-8-24)30-18-32(28(38)16-26(30)34)44-12-10-36(41,42)20-44/h4-8,13-18H,9-12,19-20H2,1-3H3/q+1. The van der Waals surface area contributed by atoms with Crippen LogP contribution in [0.25, 0.3) is 38.6 Å². The summed E-state index contributed by atoms with van der Waals surface area (Å²) >= 11 is 0. The molecule has 7 rings (SSSR count). The Morgan fingerprint density at radius 1 is 0.622 bits per heavy atom. The van der Waals surface area contributed by atoms with Gasteiger partial charge in [-0.25, -0.2) is 26.3 Å². The fourth-order valence-electron chi connectivity index (χ4n) is 7.21. The van der Waals surface area contributed by atoms with Gasteiger partial charge in [0.1, 0.15) is 11.6 Å². The Kier molecular flexibility index (Phi) is 6.80. The Bertz CT molecular complexity index is 1870. The monoisotopic (exact) mass is 620 g/mol. The van der Waals surface area contributed by atoms with Gasteiger partial charge in [0.15, 0.2) is 0 Å². The first kappa shape index (κ1) is 29.4. The summed E-state index contributed by atoms with van der Waals surface area (Å²) in [7, 11) is 0. The van der Waals surface area contributed by atoms with E-state index >= 15 is 8.78 Å². The first-order chi connectivity index (χ1) is 21.3. The zero-order valence-electron chi connectivity index (χ0n) is 25.2. The van der Waals surface area contributed by atoms with Crippen molar-refractivity contribution in [3.63, 3.8) is 0 Å². The maximum atomic E-state index is 16.1. The van der Waals surface area contributed by atoms with Crippen molar-refractivity contribution in [2.45, 2.75) is 45.5 Å². The van der Waals surface area contributed by atoms with E-state index in [1.54, 1.807) is 12.1 Å². The number of halogens is 6. The van der Waals surface area contributed by atoms with Gasteiger partial charge in [-0.1, -0.05) is 35.9 Å². The van der Waals surface area contributed by atoms with E-state index < -0.39 is 36.6 Å². The second kappa shape index (κ2) is 10.4. The first-order valence-electron chi connectivity index (χ1n) is 15.1. The predicted molar refractivity (Wildman–Crippen MR) is 166 cm³/mol. The van der Waals surface area contributed by atoms with Crippen molar-refractivity contribution in [1.82, 2.24) is 0 Å². The van der Waals surface area contributed by atoms with Crippen LogP contribution in [0, 0.1) is 32.4 Å². The van der Waals surface area contributed by atoms with E-state index in [9.17, 15) is 17.6 Å². The highest BCUT2D eigenvalue weighted by atomic mass is 19.3. The SMILES string of the molecule is Cc1cc(C)c(-c2c3cc(F)c(N4CCC(F)(F)C4)cc3[n+](-c3ccccc3)c3cc(N4CCC(F)(F)C4)c(F)cc23)c(C)c1. The minimum absolute atomic E-state index is 0.00406. The van der Waals surface area contributed by atoms with Crippen LogP contribution in [0.2, 0.25) is 0 Å². The number of fused-ring (bicyclic) bond motifs is 2. The molecule has 0 saturated carbocycles. The van der Waals surface area contributed by atoms with Gasteiger partial charge in [-0.3, -0.25) is 0 Å². The summed E-state index contributed by atoms with van der Waals surface area (Å²) in [5.41, 5.74) is 6.06. The van der Waals surface area contributed by atoms with Gasteiger partial charge < -0.3 is 9.80 Å². The summed E-state index contributed by atoms with van der Waals surface area (Å²) in [4.78, 5) is 2.72. The minimum atomic E-state index is -2.94. The zero-order valence-corrected chi connectivity index (χ0v) is 25.2. The smallest absolute Gasteiger partial charge is 0.266 e. The van der Waals surface area contributed by atoms with Gasteiger partial charge >= 0.3 is 0 Å². The van der Waals surface area contributed by atoms with Crippen LogP contribution in [0.3, 0.4) is 0 Å². The molecule has 0 atom stereocenters. The molecule has 0 radical (unpaired) electrons. The third kappa shape index (κ3) is 5.06. The van der Waals surface area contributed by atoms with Gasteiger partial charge in [-0.2, -0.15) is 4.57 Å². The van der Waals surface area contributed by atoms with E-state index in [0.717, 1.165) is 22.3 Å². The maximum Gasteiger partial charge on any atom is 0.266 e. The topological polar surface area (TPSA) is 10.4 Å². The molecule has 0 bridgehead atoms. The minimum Gasteiger partial charge on any atom is -0.363 e. The van der Waals surface area contributed by atoms with Crippen molar-refractivity contribution < 1.29 is 30.9 Å². The lowest BCUT2D eigenvalue weighted by atomic mass is 9.88. The number of anilines is 2. The van der Waals surface area contributed by atoms with Crippen molar-refractivity contribution in [1.29, 1.82) is 0 Å². The average molecular weight is 621 g/mol. The molecule has 9 heteroatoms. The van der Waals surface area contributed by atoms with E-state index in [1.807, 2.05) is 67.8 Å². The predicted octanol–water partition coefficient (Wildman–Crippen LogP) is 8.83. The molecule has 0 amide bonds. The Labute approximate surface area is 257 Å². The van der Waals surface area contributed by atoms with Gasteiger partial charge in [0.05, 0.1) is 35.2 Å². The average Bonchev–Trinajstić information content (AvgIpc) is 3.52. The van der Waals surface area contributed by atoms with Crippen LogP contribution in [0.15, 0.2) is 66.7 Å². The molecule has 5 aromatic rings. The lowest BCUT2D eigenvalue weighted by Gasteiger charge is -2.23. The molecule has 45 heavy (non-hydrogen) atoms. The molecule has 0 aliphatic carbocycles. The fraction of sp³-hybridized carbons (Fsp3) is 0.306. The van der Waals surface area contributed by atoms with Crippen LogP contribution in [-0.4, -0.2) is 38.0 Å². The lowest BCUT2D eigenvalue weighted by molar-refractivity contribution is -0.537. The second-order valence-corrected chi connectivity index (χ2v) is 12.5. The number of aromatic nitrogens is 1. The second-order valence-electron chi connectivity index (χ2n) is 12.5. The molecule has 1 aromatic heterocycles. The summed E-state index contributed by atoms with van der Waals surface area (Å²) < 4.78 is 91.3. The molecule has 3 nitrogen and oxygen atoms in total. The Balaban J connectivity index is 1.64. The van der Waals surface area contributed by atoms with Crippen LogP contribution < -0.4 is 14.4 Å². The van der Waals surface area contributed by atoms with Gasteiger partial charge in [0.2, 0.25) is 16.7 Å². The quantitative estimate of drug-likeness (QED) is 0.113. The number of alkyl halides is 4. The van der Waals surface area contributed by atoms with Crippen molar-refractivity contribution in [2.24, 2.45) is 0 Å². The molecule has 2 fully saturated rings. The van der Waals surface area contributed by atoms with E-state index in [1.165, 1.54) is 21.9 Å². The lowest BCUT2D eigenvalue weighted by Crippen LogP contribution is -2.34. The fourth-order valence-corrected chi connectivity index (χ4v) is 7.21. The molecular weight excluding hydrogens is 588 g/mol. The number of hydrogen-bond acceptors (Lipinski definition) is 2. The van der Waals surface area contributed by atoms with Crippen LogP contribution >= 0.6 is 0 Å². The number of para-hydroxylation sites is 1. The van der Waals surface area contributed by atoms with E-state index in [2.05, 4.69) is 0 Å². The Hall–Kier alpha value is -4.27. The summed E-state index contributed by atoms with van der Waals surface area (Å²) in [5, 5.41) is 0.960. The number of aryl methyl sites for hydroxylation is 3. The number of benzene rings is 4. The van der Waals surface area contributed by atoms with Gasteiger partial charge in [0, 0.05) is 55.8 Å². The summed E-state index contributed by atoms with van der Waals surface area (Å²) in [5.74, 6) is -7.18. The summed E-state index contributed by atoms with van der Waals surface area (Å²) in [6.07, 6.45) is -0.756. The maximum absolute atomic E-state index is 16.1. The Morgan fingerprint density at radius 2 is 1.09 bits per heavy atom. The van der Waals surface area contributed by atoms with E-state index in [-0.39, 0.29) is 37.3 Å². The number of hydrogen-bond donors (Lipinski definition) is 0. The first-order valence-corrected chi connectivity index (χ1v) is 15.1. The van der Waals surface area contributed by atoms with Crippen LogP contribution in [0.1, 0.15) is 29.5 Å². The zero-order chi connectivity index (χ0) is 31.8. The van der Waals surface area contributed by atoms with Gasteiger partial charge in [-0.15, -0.1) is 0 Å². The van der Waals surface area contributed by atoms with Gasteiger partial charge in [-0.05, 0) is 49.6 Å². The highest BCUT2D eigenvalue weighted by Gasteiger charge is 2.41. The number of pyridine rings is 1. The molecule has 2 aliphatic heterocycles. The molecule has 0 spiro atoms. The van der Waals surface area contributed by atoms with Crippen LogP contribution in [-0.2, 0) is 0 Å². The highest BCUT2D eigenvalue weighted by molar-refractivity contribution is 6.10. The molecule has 2 saturated heterocycles. The van der Waals surface area contributed by atoms with Crippen molar-refractivity contribution in [3.8, 4) is 16.8 Å². The number of rotatable bonds is 4.